The molecular formula is C18H28N2O. The van der Waals surface area contributed by atoms with Crippen LogP contribution in [0.2, 0.25) is 0 Å². The molecule has 0 aromatic heterocycles. The SMILES string of the molecule is CCc1cccc(C(C)C)c1NC(=O)NC1CCCCC1. The van der Waals surface area contributed by atoms with Crippen LogP contribution in [-0.2, 0) is 6.42 Å². The number of hydrogen-bond donors (Lipinski definition) is 2. The summed E-state index contributed by atoms with van der Waals surface area (Å²) in [5.41, 5.74) is 3.43. The monoisotopic (exact) mass is 288 g/mol. The van der Waals surface area contributed by atoms with Crippen molar-refractivity contribution in [3.63, 3.8) is 0 Å². The van der Waals surface area contributed by atoms with Crippen molar-refractivity contribution < 1.29 is 4.79 Å². The number of hydrogen-bond acceptors (Lipinski definition) is 1. The molecule has 2 amide bonds. The van der Waals surface area contributed by atoms with Gasteiger partial charge in [0.2, 0.25) is 0 Å². The van der Waals surface area contributed by atoms with Crippen molar-refractivity contribution in [2.75, 3.05) is 5.32 Å². The lowest BCUT2D eigenvalue weighted by molar-refractivity contribution is 0.244. The van der Waals surface area contributed by atoms with Gasteiger partial charge >= 0.3 is 6.03 Å². The zero-order chi connectivity index (χ0) is 15.2. The summed E-state index contributed by atoms with van der Waals surface area (Å²) in [6.45, 7) is 6.46. The normalized spacial score (nSPS) is 16.0. The molecule has 21 heavy (non-hydrogen) atoms. The number of para-hydroxylation sites is 1. The van der Waals surface area contributed by atoms with Gasteiger partial charge in [-0.05, 0) is 36.3 Å². The number of urea groups is 1. The van der Waals surface area contributed by atoms with E-state index in [1.165, 1.54) is 30.4 Å². The first-order chi connectivity index (χ1) is 10.1. The van der Waals surface area contributed by atoms with Crippen molar-refractivity contribution in [2.45, 2.75) is 71.3 Å². The van der Waals surface area contributed by atoms with E-state index >= 15 is 0 Å². The number of carbonyl (C=O) groups excluding carboxylic acids is 1. The highest BCUT2D eigenvalue weighted by Crippen LogP contribution is 2.28. The van der Waals surface area contributed by atoms with Gasteiger partial charge in [0.1, 0.15) is 0 Å². The molecule has 0 unspecified atom stereocenters. The molecule has 0 radical (unpaired) electrons. The second kappa shape index (κ2) is 7.48. The topological polar surface area (TPSA) is 41.1 Å². The van der Waals surface area contributed by atoms with Crippen LogP contribution in [0.5, 0.6) is 0 Å². The van der Waals surface area contributed by atoms with Crippen LogP contribution in [0, 0.1) is 0 Å². The summed E-state index contributed by atoms with van der Waals surface area (Å²) in [6, 6.07) is 6.58. The Labute approximate surface area is 128 Å². The lowest BCUT2D eigenvalue weighted by Crippen LogP contribution is -2.39. The van der Waals surface area contributed by atoms with Crippen molar-refractivity contribution in [1.29, 1.82) is 0 Å². The smallest absolute Gasteiger partial charge is 0.319 e. The van der Waals surface area contributed by atoms with Crippen LogP contribution < -0.4 is 10.6 Å². The second-order valence-corrected chi connectivity index (χ2v) is 6.32. The number of carbonyl (C=O) groups is 1. The van der Waals surface area contributed by atoms with Gasteiger partial charge in [-0.25, -0.2) is 4.79 Å². The van der Waals surface area contributed by atoms with Gasteiger partial charge in [-0.2, -0.15) is 0 Å². The standard InChI is InChI=1S/C18H28N2O/c1-4-14-9-8-12-16(13(2)3)17(14)20-18(21)19-15-10-6-5-7-11-15/h8-9,12-13,15H,4-7,10-11H2,1-3H3,(H2,19,20,21). The Kier molecular flexibility index (Phi) is 5.66. The molecule has 2 rings (SSSR count). The van der Waals surface area contributed by atoms with E-state index in [2.05, 4.69) is 49.6 Å². The molecule has 3 nitrogen and oxygen atoms in total. The minimum absolute atomic E-state index is 0.0512. The maximum absolute atomic E-state index is 12.3. The molecule has 0 atom stereocenters. The fourth-order valence-electron chi connectivity index (χ4n) is 3.13. The Balaban J connectivity index is 2.08. The zero-order valence-electron chi connectivity index (χ0n) is 13.5. The second-order valence-electron chi connectivity index (χ2n) is 6.32. The van der Waals surface area contributed by atoms with Gasteiger partial charge in [0.15, 0.2) is 0 Å². The third-order valence-corrected chi connectivity index (χ3v) is 4.36. The molecule has 1 saturated carbocycles. The molecule has 1 aromatic carbocycles. The number of benzene rings is 1. The highest BCUT2D eigenvalue weighted by Gasteiger charge is 2.17. The number of amides is 2. The van der Waals surface area contributed by atoms with Gasteiger partial charge in [-0.15, -0.1) is 0 Å². The molecule has 1 aliphatic rings. The van der Waals surface area contributed by atoms with Crippen LogP contribution in [0.25, 0.3) is 0 Å². The highest BCUT2D eigenvalue weighted by molar-refractivity contribution is 5.91. The molecule has 2 N–H and O–H groups in total. The summed E-state index contributed by atoms with van der Waals surface area (Å²) in [7, 11) is 0. The minimum atomic E-state index is -0.0512. The molecule has 0 heterocycles. The van der Waals surface area contributed by atoms with Gasteiger partial charge in [-0.3, -0.25) is 0 Å². The van der Waals surface area contributed by atoms with Crippen LogP contribution in [0.4, 0.5) is 10.5 Å². The van der Waals surface area contributed by atoms with E-state index in [9.17, 15) is 4.79 Å². The lowest BCUT2D eigenvalue weighted by atomic mass is 9.95. The van der Waals surface area contributed by atoms with Crippen LogP contribution in [0.3, 0.4) is 0 Å². The van der Waals surface area contributed by atoms with Crippen LogP contribution in [0.15, 0.2) is 18.2 Å². The molecule has 0 bridgehead atoms. The average molecular weight is 288 g/mol. The minimum Gasteiger partial charge on any atom is -0.335 e. The Morgan fingerprint density at radius 3 is 2.57 bits per heavy atom. The first kappa shape index (κ1) is 15.9. The number of nitrogens with one attached hydrogen (secondary N) is 2. The Hall–Kier alpha value is -1.51. The van der Waals surface area contributed by atoms with E-state index in [1.807, 2.05) is 0 Å². The van der Waals surface area contributed by atoms with Gasteiger partial charge in [0.25, 0.3) is 0 Å². The quantitative estimate of drug-likeness (QED) is 0.819. The average Bonchev–Trinajstić information content (AvgIpc) is 2.48. The Morgan fingerprint density at radius 1 is 1.24 bits per heavy atom. The fraction of sp³-hybridized carbons (Fsp3) is 0.611. The van der Waals surface area contributed by atoms with E-state index < -0.39 is 0 Å². The molecule has 0 spiro atoms. The maximum atomic E-state index is 12.3. The number of anilines is 1. The van der Waals surface area contributed by atoms with E-state index in [0.29, 0.717) is 12.0 Å². The van der Waals surface area contributed by atoms with Crippen molar-refractivity contribution in [3.05, 3.63) is 29.3 Å². The summed E-state index contributed by atoms with van der Waals surface area (Å²) in [5, 5.41) is 6.24. The largest absolute Gasteiger partial charge is 0.335 e. The summed E-state index contributed by atoms with van der Waals surface area (Å²) >= 11 is 0. The van der Waals surface area contributed by atoms with Gasteiger partial charge in [-0.1, -0.05) is 58.2 Å². The third kappa shape index (κ3) is 4.23. The van der Waals surface area contributed by atoms with Crippen molar-refractivity contribution in [2.24, 2.45) is 0 Å². The summed E-state index contributed by atoms with van der Waals surface area (Å²) < 4.78 is 0. The molecule has 0 saturated heterocycles. The predicted molar refractivity (Wildman–Crippen MR) is 88.9 cm³/mol. The van der Waals surface area contributed by atoms with Crippen LogP contribution in [0.1, 0.15) is 69.9 Å². The van der Waals surface area contributed by atoms with Crippen LogP contribution >= 0.6 is 0 Å². The summed E-state index contributed by atoms with van der Waals surface area (Å²) in [5.74, 6) is 0.404. The number of aryl methyl sites for hydroxylation is 1. The summed E-state index contributed by atoms with van der Waals surface area (Å²) in [6.07, 6.45) is 6.91. The van der Waals surface area contributed by atoms with E-state index in [4.69, 9.17) is 0 Å². The Morgan fingerprint density at radius 2 is 1.95 bits per heavy atom. The van der Waals surface area contributed by atoms with Crippen molar-refractivity contribution in [1.82, 2.24) is 5.32 Å². The first-order valence-corrected chi connectivity index (χ1v) is 8.31. The van der Waals surface area contributed by atoms with Gasteiger partial charge < -0.3 is 10.6 Å². The molecule has 3 heteroatoms. The van der Waals surface area contributed by atoms with E-state index in [1.54, 1.807) is 0 Å². The molecule has 116 valence electrons. The maximum Gasteiger partial charge on any atom is 0.319 e. The molecule has 1 aliphatic carbocycles. The van der Waals surface area contributed by atoms with Crippen molar-refractivity contribution in [3.8, 4) is 0 Å². The molecule has 1 aromatic rings. The lowest BCUT2D eigenvalue weighted by Gasteiger charge is -2.24. The highest BCUT2D eigenvalue weighted by atomic mass is 16.2. The van der Waals surface area contributed by atoms with E-state index in [-0.39, 0.29) is 6.03 Å². The third-order valence-electron chi connectivity index (χ3n) is 4.36. The van der Waals surface area contributed by atoms with Crippen molar-refractivity contribution >= 4 is 11.7 Å². The zero-order valence-corrected chi connectivity index (χ0v) is 13.5. The molecule has 0 aliphatic heterocycles. The van der Waals surface area contributed by atoms with Crippen LogP contribution in [-0.4, -0.2) is 12.1 Å². The number of rotatable bonds is 4. The predicted octanol–water partition coefficient (Wildman–Crippen LogP) is 4.83. The van der Waals surface area contributed by atoms with Gasteiger partial charge in [0.05, 0.1) is 0 Å². The van der Waals surface area contributed by atoms with E-state index in [0.717, 1.165) is 24.9 Å². The fourth-order valence-corrected chi connectivity index (χ4v) is 3.13. The molecular weight excluding hydrogens is 260 g/mol. The first-order valence-electron chi connectivity index (χ1n) is 8.31. The summed E-state index contributed by atoms with van der Waals surface area (Å²) in [4.78, 5) is 12.3. The Bertz CT molecular complexity index is 476. The van der Waals surface area contributed by atoms with Gasteiger partial charge in [0, 0.05) is 11.7 Å². The molecule has 1 fully saturated rings.